The summed E-state index contributed by atoms with van der Waals surface area (Å²) in [4.78, 5) is 0. The van der Waals surface area contributed by atoms with Gasteiger partial charge in [-0.15, -0.1) is 0 Å². The number of hydrogen-bond acceptors (Lipinski definition) is 4. The lowest BCUT2D eigenvalue weighted by atomic mass is 10.2. The topological polar surface area (TPSA) is 55.4 Å². The van der Waals surface area contributed by atoms with Crippen LogP contribution in [0.2, 0.25) is 0 Å². The maximum Gasteiger partial charge on any atom is 0.148 e. The molecule has 2 aromatic rings. The maximum absolute atomic E-state index is 13.1. The first-order valence-corrected chi connectivity index (χ1v) is 8.99. The molecule has 0 bridgehead atoms. The van der Waals surface area contributed by atoms with Gasteiger partial charge in [0.25, 0.3) is 0 Å². The number of nitrogens with one attached hydrogen (secondary N) is 1. The minimum absolute atomic E-state index is 0.0827. The summed E-state index contributed by atoms with van der Waals surface area (Å²) in [6.07, 6.45) is 1.19. The fourth-order valence-electron chi connectivity index (χ4n) is 1.89. The van der Waals surface area contributed by atoms with Gasteiger partial charge in [-0.05, 0) is 17.7 Å². The van der Waals surface area contributed by atoms with Gasteiger partial charge in [0.2, 0.25) is 0 Å². The molecular weight excluding hydrogens is 324 g/mol. The third kappa shape index (κ3) is 6.33. The molecule has 0 aliphatic heterocycles. The summed E-state index contributed by atoms with van der Waals surface area (Å²) in [5.74, 6) is -0.783. The normalized spacial score (nSPS) is 11.4. The van der Waals surface area contributed by atoms with Crippen LogP contribution in [0.4, 0.5) is 8.78 Å². The molecule has 0 radical (unpaired) electrons. The average Bonchev–Trinajstić information content (AvgIpc) is 2.43. The Morgan fingerprint density at radius 2 is 1.61 bits per heavy atom. The third-order valence-electron chi connectivity index (χ3n) is 2.97. The molecule has 0 aromatic heterocycles. The predicted octanol–water partition coefficient (Wildman–Crippen LogP) is 2.89. The third-order valence-corrected chi connectivity index (χ3v) is 3.92. The van der Waals surface area contributed by atoms with Crippen molar-refractivity contribution < 1.29 is 21.9 Å². The Kier molecular flexibility index (Phi) is 5.68. The van der Waals surface area contributed by atoms with Crippen LogP contribution in [0.15, 0.2) is 42.5 Å². The molecule has 0 aliphatic carbocycles. The van der Waals surface area contributed by atoms with Crippen LogP contribution in [0.25, 0.3) is 0 Å². The first-order chi connectivity index (χ1) is 10.8. The van der Waals surface area contributed by atoms with E-state index < -0.39 is 21.5 Å². The van der Waals surface area contributed by atoms with Crippen molar-refractivity contribution in [3.63, 3.8) is 0 Å². The molecule has 2 rings (SSSR count). The van der Waals surface area contributed by atoms with Crippen LogP contribution in [0.5, 0.6) is 11.5 Å². The van der Waals surface area contributed by atoms with Crippen LogP contribution in [-0.2, 0) is 16.4 Å². The number of sulfone groups is 1. The molecule has 0 atom stereocenters. The van der Waals surface area contributed by atoms with E-state index in [4.69, 9.17) is 4.74 Å². The molecule has 0 heterocycles. The first-order valence-electron chi connectivity index (χ1n) is 6.93. The van der Waals surface area contributed by atoms with Crippen LogP contribution >= 0.6 is 0 Å². The molecule has 23 heavy (non-hydrogen) atoms. The molecule has 2 aromatic carbocycles. The van der Waals surface area contributed by atoms with E-state index >= 15 is 0 Å². The van der Waals surface area contributed by atoms with Gasteiger partial charge in [0.1, 0.15) is 33.0 Å². The number of ether oxygens (including phenoxy) is 1. The lowest BCUT2D eigenvalue weighted by Crippen LogP contribution is -2.21. The summed E-state index contributed by atoms with van der Waals surface area (Å²) in [6, 6.07) is 9.91. The van der Waals surface area contributed by atoms with Gasteiger partial charge in [-0.1, -0.05) is 12.1 Å². The van der Waals surface area contributed by atoms with Crippen LogP contribution in [0.1, 0.15) is 5.56 Å². The van der Waals surface area contributed by atoms with Crippen LogP contribution in [-0.4, -0.2) is 27.0 Å². The molecule has 0 saturated carbocycles. The quantitative estimate of drug-likeness (QED) is 0.787. The van der Waals surface area contributed by atoms with E-state index in [-0.39, 0.29) is 11.5 Å². The van der Waals surface area contributed by atoms with Crippen molar-refractivity contribution in [2.45, 2.75) is 6.54 Å². The van der Waals surface area contributed by atoms with Gasteiger partial charge in [-0.2, -0.15) is 0 Å². The van der Waals surface area contributed by atoms with Gasteiger partial charge < -0.3 is 10.1 Å². The molecule has 0 spiro atoms. The SMILES string of the molecule is CS(=O)(=O)CCNCc1ccc(Oc2cc(F)cc(F)c2)cc1. The lowest BCUT2D eigenvalue weighted by Gasteiger charge is -2.08. The number of hydrogen-bond donors (Lipinski definition) is 1. The van der Waals surface area contributed by atoms with E-state index in [1.165, 1.54) is 6.26 Å². The van der Waals surface area contributed by atoms with Crippen molar-refractivity contribution in [1.29, 1.82) is 0 Å². The Morgan fingerprint density at radius 3 is 2.17 bits per heavy atom. The smallest absolute Gasteiger partial charge is 0.148 e. The zero-order valence-corrected chi connectivity index (χ0v) is 13.4. The van der Waals surface area contributed by atoms with Crippen LogP contribution in [0, 0.1) is 11.6 Å². The Balaban J connectivity index is 1.89. The molecule has 4 nitrogen and oxygen atoms in total. The highest BCUT2D eigenvalue weighted by Gasteiger charge is 2.04. The van der Waals surface area contributed by atoms with Crippen molar-refractivity contribution in [1.82, 2.24) is 5.32 Å². The first kappa shape index (κ1) is 17.4. The summed E-state index contributed by atoms with van der Waals surface area (Å²) in [6.45, 7) is 0.893. The van der Waals surface area contributed by atoms with Crippen molar-refractivity contribution in [3.8, 4) is 11.5 Å². The molecule has 0 aliphatic rings. The van der Waals surface area contributed by atoms with E-state index in [1.54, 1.807) is 24.3 Å². The molecule has 1 N–H and O–H groups in total. The minimum atomic E-state index is -2.97. The molecule has 7 heteroatoms. The lowest BCUT2D eigenvalue weighted by molar-refractivity contribution is 0.468. The highest BCUT2D eigenvalue weighted by Crippen LogP contribution is 2.23. The summed E-state index contributed by atoms with van der Waals surface area (Å²) in [7, 11) is -2.97. The van der Waals surface area contributed by atoms with Crippen LogP contribution in [0.3, 0.4) is 0 Å². The highest BCUT2D eigenvalue weighted by atomic mass is 32.2. The number of benzene rings is 2. The number of halogens is 2. The molecule has 0 saturated heterocycles. The summed E-state index contributed by atoms with van der Waals surface area (Å²) in [5, 5.41) is 3.02. The second-order valence-electron chi connectivity index (χ2n) is 5.16. The predicted molar refractivity (Wildman–Crippen MR) is 84.3 cm³/mol. The summed E-state index contributed by atoms with van der Waals surface area (Å²) in [5.41, 5.74) is 0.941. The molecule has 0 unspecified atom stereocenters. The van der Waals surface area contributed by atoms with E-state index in [0.717, 1.165) is 23.8 Å². The van der Waals surface area contributed by atoms with E-state index in [1.807, 2.05) is 0 Å². The average molecular weight is 341 g/mol. The number of rotatable bonds is 7. The van der Waals surface area contributed by atoms with Crippen molar-refractivity contribution in [2.24, 2.45) is 0 Å². The second-order valence-corrected chi connectivity index (χ2v) is 7.42. The van der Waals surface area contributed by atoms with Crippen molar-refractivity contribution in [2.75, 3.05) is 18.6 Å². The van der Waals surface area contributed by atoms with Gasteiger partial charge in [-0.25, -0.2) is 17.2 Å². The van der Waals surface area contributed by atoms with Crippen LogP contribution < -0.4 is 10.1 Å². The zero-order chi connectivity index (χ0) is 16.9. The van der Waals surface area contributed by atoms with Gasteiger partial charge in [-0.3, -0.25) is 0 Å². The molecule has 0 fully saturated rings. The Morgan fingerprint density at radius 1 is 1.00 bits per heavy atom. The molecular formula is C16H17F2NO3S. The summed E-state index contributed by atoms with van der Waals surface area (Å²) >= 11 is 0. The standard InChI is InChI=1S/C16H17F2NO3S/c1-23(20,21)7-6-19-11-12-2-4-15(5-3-12)22-16-9-13(17)8-14(18)10-16/h2-5,8-10,19H,6-7,11H2,1H3. The van der Waals surface area contributed by atoms with E-state index in [9.17, 15) is 17.2 Å². The Bertz CT molecular complexity index is 741. The highest BCUT2D eigenvalue weighted by molar-refractivity contribution is 7.90. The van der Waals surface area contributed by atoms with E-state index in [0.29, 0.717) is 18.8 Å². The largest absolute Gasteiger partial charge is 0.457 e. The van der Waals surface area contributed by atoms with E-state index in [2.05, 4.69) is 5.32 Å². The monoisotopic (exact) mass is 341 g/mol. The Hall–Kier alpha value is -1.99. The van der Waals surface area contributed by atoms with Crippen molar-refractivity contribution in [3.05, 3.63) is 59.7 Å². The minimum Gasteiger partial charge on any atom is -0.457 e. The Labute approximate surface area is 134 Å². The summed E-state index contributed by atoms with van der Waals surface area (Å²) < 4.78 is 53.5. The maximum atomic E-state index is 13.1. The fraction of sp³-hybridized carbons (Fsp3) is 0.250. The molecule has 0 amide bonds. The van der Waals surface area contributed by atoms with Gasteiger partial charge >= 0.3 is 0 Å². The fourth-order valence-corrected chi connectivity index (χ4v) is 2.40. The van der Waals surface area contributed by atoms with Gasteiger partial charge in [0.15, 0.2) is 0 Å². The second kappa shape index (κ2) is 7.52. The van der Waals surface area contributed by atoms with Gasteiger partial charge in [0.05, 0.1) is 5.75 Å². The molecule has 124 valence electrons. The zero-order valence-electron chi connectivity index (χ0n) is 12.6. The van der Waals surface area contributed by atoms with Crippen molar-refractivity contribution >= 4 is 9.84 Å². The van der Waals surface area contributed by atoms with Gasteiger partial charge in [0, 0.05) is 37.5 Å².